The molecule has 1 unspecified atom stereocenters. The van der Waals surface area contributed by atoms with Crippen LogP contribution in [-0.4, -0.2) is 20.7 Å². The molecule has 0 aromatic rings. The van der Waals surface area contributed by atoms with Gasteiger partial charge < -0.3 is 4.74 Å². The van der Waals surface area contributed by atoms with Crippen LogP contribution in [0.15, 0.2) is 0 Å². The van der Waals surface area contributed by atoms with Gasteiger partial charge in [-0.2, -0.15) is 5.26 Å². The van der Waals surface area contributed by atoms with Crippen molar-refractivity contribution in [2.24, 2.45) is 5.92 Å². The second-order valence-electron chi connectivity index (χ2n) is 4.19. The Balaban J connectivity index is 4.29. The third-order valence-electron chi connectivity index (χ3n) is 1.50. The summed E-state index contributed by atoms with van der Waals surface area (Å²) in [6, 6.07) is 1.91. The van der Waals surface area contributed by atoms with E-state index in [1.165, 1.54) is 0 Å². The molecule has 0 rings (SSSR count). The van der Waals surface area contributed by atoms with Crippen molar-refractivity contribution in [3.05, 3.63) is 0 Å². The molecule has 1 atom stereocenters. The molecule has 0 saturated carbocycles. The molecule has 0 aliphatic rings. The highest BCUT2D eigenvalue weighted by Gasteiger charge is 2.17. The molecule has 3 nitrogen and oxygen atoms in total. The van der Waals surface area contributed by atoms with E-state index in [1.807, 2.05) is 6.07 Å². The van der Waals surface area contributed by atoms with E-state index in [0.717, 1.165) is 0 Å². The molecule has 15 heavy (non-hydrogen) atoms. The minimum absolute atomic E-state index is 0.277. The first kappa shape index (κ1) is 13.7. The van der Waals surface area contributed by atoms with Crippen LogP contribution < -0.4 is 0 Å². The van der Waals surface area contributed by atoms with Gasteiger partial charge in [-0.25, -0.2) is 0 Å². The summed E-state index contributed by atoms with van der Waals surface area (Å²) in [4.78, 5) is 11.2. The molecule has 0 amide bonds. The van der Waals surface area contributed by atoms with Gasteiger partial charge in [-0.3, -0.25) is 4.79 Å². The standard InChI is InChI=1S/C11H17NO2Si/c1-5-14-11(13)10(9-12)7-6-8-15(2,3)4/h10H,5,7H2,1-4H3. The number of rotatable bonds is 3. The van der Waals surface area contributed by atoms with Gasteiger partial charge in [-0.15, -0.1) is 11.5 Å². The topological polar surface area (TPSA) is 50.1 Å². The van der Waals surface area contributed by atoms with Crippen molar-refractivity contribution in [2.75, 3.05) is 6.61 Å². The van der Waals surface area contributed by atoms with E-state index in [1.54, 1.807) is 6.92 Å². The fourth-order valence-electron chi connectivity index (χ4n) is 0.843. The van der Waals surface area contributed by atoms with Gasteiger partial charge in [0.1, 0.15) is 8.07 Å². The predicted octanol–water partition coefficient (Wildman–Crippen LogP) is 1.96. The first-order chi connectivity index (χ1) is 6.90. The van der Waals surface area contributed by atoms with Crippen LogP contribution in [-0.2, 0) is 9.53 Å². The van der Waals surface area contributed by atoms with Crippen LogP contribution in [0.2, 0.25) is 19.6 Å². The quantitative estimate of drug-likeness (QED) is 0.417. The average Bonchev–Trinajstić information content (AvgIpc) is 2.11. The molecule has 0 fully saturated rings. The third kappa shape index (κ3) is 6.76. The van der Waals surface area contributed by atoms with Gasteiger partial charge in [-0.1, -0.05) is 19.6 Å². The minimum atomic E-state index is -1.41. The van der Waals surface area contributed by atoms with Crippen LogP contribution in [0.25, 0.3) is 0 Å². The average molecular weight is 223 g/mol. The molecule has 0 saturated heterocycles. The number of hydrogen-bond donors (Lipinski definition) is 0. The van der Waals surface area contributed by atoms with Gasteiger partial charge in [0.05, 0.1) is 12.7 Å². The first-order valence-electron chi connectivity index (χ1n) is 4.97. The fourth-order valence-corrected chi connectivity index (χ4v) is 1.48. The highest BCUT2D eigenvalue weighted by atomic mass is 28.3. The molecule has 4 heteroatoms. The zero-order valence-corrected chi connectivity index (χ0v) is 10.8. The number of carbonyl (C=O) groups excluding carboxylic acids is 1. The Hall–Kier alpha value is -1.26. The van der Waals surface area contributed by atoms with E-state index in [-0.39, 0.29) is 6.42 Å². The van der Waals surface area contributed by atoms with E-state index in [2.05, 4.69) is 31.1 Å². The van der Waals surface area contributed by atoms with Crippen LogP contribution >= 0.6 is 0 Å². The normalized spacial score (nSPS) is 11.9. The van der Waals surface area contributed by atoms with Crippen LogP contribution in [0.3, 0.4) is 0 Å². The van der Waals surface area contributed by atoms with Gasteiger partial charge in [0.15, 0.2) is 5.92 Å². The maximum atomic E-state index is 11.2. The Morgan fingerprint density at radius 2 is 2.07 bits per heavy atom. The predicted molar refractivity (Wildman–Crippen MR) is 61.5 cm³/mol. The summed E-state index contributed by atoms with van der Waals surface area (Å²) in [5.41, 5.74) is 3.11. The molecular formula is C11H17NO2Si. The number of nitrogens with zero attached hydrogens (tertiary/aromatic N) is 1. The van der Waals surface area contributed by atoms with Crippen LogP contribution in [0.5, 0.6) is 0 Å². The maximum Gasteiger partial charge on any atom is 0.324 e. The Kier molecular flexibility index (Phi) is 5.74. The molecule has 0 radical (unpaired) electrons. The zero-order valence-electron chi connectivity index (χ0n) is 9.76. The Labute approximate surface area is 92.4 Å². The van der Waals surface area contributed by atoms with Crippen molar-refractivity contribution in [1.82, 2.24) is 0 Å². The van der Waals surface area contributed by atoms with Gasteiger partial charge in [0, 0.05) is 6.42 Å². The van der Waals surface area contributed by atoms with Crippen molar-refractivity contribution in [2.45, 2.75) is 33.0 Å². The number of nitriles is 1. The molecule has 0 spiro atoms. The molecule has 0 aliphatic carbocycles. The highest BCUT2D eigenvalue weighted by Crippen LogP contribution is 2.04. The Bertz CT molecular complexity index is 314. The number of esters is 1. The molecule has 0 aromatic carbocycles. The second kappa shape index (κ2) is 6.26. The molecule has 82 valence electrons. The van der Waals surface area contributed by atoms with Crippen molar-refractivity contribution in [3.63, 3.8) is 0 Å². The van der Waals surface area contributed by atoms with Gasteiger partial charge in [0.2, 0.25) is 0 Å². The second-order valence-corrected chi connectivity index (χ2v) is 8.94. The van der Waals surface area contributed by atoms with Crippen molar-refractivity contribution in [1.29, 1.82) is 5.26 Å². The molecule has 0 N–H and O–H groups in total. The molecule has 0 aromatic heterocycles. The van der Waals surface area contributed by atoms with Crippen molar-refractivity contribution in [3.8, 4) is 17.5 Å². The molecule has 0 aliphatic heterocycles. The summed E-state index contributed by atoms with van der Waals surface area (Å²) in [7, 11) is -1.41. The summed E-state index contributed by atoms with van der Waals surface area (Å²) in [6.45, 7) is 8.38. The number of ether oxygens (including phenoxy) is 1. The van der Waals surface area contributed by atoms with Gasteiger partial charge >= 0.3 is 5.97 Å². The van der Waals surface area contributed by atoms with E-state index in [9.17, 15) is 4.79 Å². The lowest BCUT2D eigenvalue weighted by Crippen LogP contribution is -2.18. The number of carbonyl (C=O) groups is 1. The largest absolute Gasteiger partial charge is 0.465 e. The van der Waals surface area contributed by atoms with E-state index >= 15 is 0 Å². The van der Waals surface area contributed by atoms with Crippen LogP contribution in [0, 0.1) is 28.7 Å². The summed E-state index contributed by atoms with van der Waals surface area (Å²) in [5, 5.41) is 8.75. The summed E-state index contributed by atoms with van der Waals surface area (Å²) in [5.74, 6) is 1.69. The van der Waals surface area contributed by atoms with E-state index in [0.29, 0.717) is 6.61 Å². The summed E-state index contributed by atoms with van der Waals surface area (Å²) >= 11 is 0. The maximum absolute atomic E-state index is 11.2. The lowest BCUT2D eigenvalue weighted by Gasteiger charge is -2.06. The Morgan fingerprint density at radius 1 is 1.47 bits per heavy atom. The van der Waals surface area contributed by atoms with Crippen molar-refractivity contribution < 1.29 is 9.53 Å². The zero-order chi connectivity index (χ0) is 11.9. The van der Waals surface area contributed by atoms with Gasteiger partial charge in [0.25, 0.3) is 0 Å². The monoisotopic (exact) mass is 223 g/mol. The SMILES string of the molecule is CCOC(=O)C(C#N)CC#C[Si](C)(C)C. The third-order valence-corrected chi connectivity index (χ3v) is 2.42. The van der Waals surface area contributed by atoms with Crippen molar-refractivity contribution >= 4 is 14.0 Å². The van der Waals surface area contributed by atoms with Crippen LogP contribution in [0.1, 0.15) is 13.3 Å². The summed E-state index contributed by atoms with van der Waals surface area (Å²) in [6.07, 6.45) is 0.277. The molecule has 0 bridgehead atoms. The molecular weight excluding hydrogens is 206 g/mol. The molecule has 0 heterocycles. The van der Waals surface area contributed by atoms with Gasteiger partial charge in [-0.05, 0) is 6.92 Å². The minimum Gasteiger partial charge on any atom is -0.465 e. The lowest BCUT2D eigenvalue weighted by atomic mass is 10.1. The highest BCUT2D eigenvalue weighted by molar-refractivity contribution is 6.83. The van der Waals surface area contributed by atoms with Crippen LogP contribution in [0.4, 0.5) is 0 Å². The van der Waals surface area contributed by atoms with E-state index in [4.69, 9.17) is 10.00 Å². The lowest BCUT2D eigenvalue weighted by molar-refractivity contribution is -0.145. The van der Waals surface area contributed by atoms with E-state index < -0.39 is 20.0 Å². The first-order valence-corrected chi connectivity index (χ1v) is 8.47. The summed E-state index contributed by atoms with van der Waals surface area (Å²) < 4.78 is 4.76. The Morgan fingerprint density at radius 3 is 2.47 bits per heavy atom. The number of hydrogen-bond acceptors (Lipinski definition) is 3. The fraction of sp³-hybridized carbons (Fsp3) is 0.636. The smallest absolute Gasteiger partial charge is 0.324 e.